The van der Waals surface area contributed by atoms with Gasteiger partial charge in [-0.15, -0.1) is 0 Å². The highest BCUT2D eigenvalue weighted by molar-refractivity contribution is 5.38. The summed E-state index contributed by atoms with van der Waals surface area (Å²) in [6.45, 7) is 5.11. The second-order valence-corrected chi connectivity index (χ2v) is 6.09. The smallest absolute Gasteiger partial charge is 0.274 e. The molecule has 1 aromatic heterocycles. The Morgan fingerprint density at radius 3 is 2.80 bits per heavy atom. The van der Waals surface area contributed by atoms with Crippen LogP contribution < -0.4 is 15.6 Å². The van der Waals surface area contributed by atoms with E-state index in [0.29, 0.717) is 17.7 Å². The molecule has 6 nitrogen and oxygen atoms in total. The summed E-state index contributed by atoms with van der Waals surface area (Å²) in [5, 5.41) is 7.41. The maximum absolute atomic E-state index is 13.9. The van der Waals surface area contributed by atoms with E-state index in [1.54, 1.807) is 18.3 Å². The van der Waals surface area contributed by atoms with Crippen molar-refractivity contribution in [3.8, 4) is 11.4 Å². The molecule has 1 fully saturated rings. The van der Waals surface area contributed by atoms with E-state index in [2.05, 4.69) is 15.3 Å². The monoisotopic (exact) mass is 346 g/mol. The molecule has 1 saturated heterocycles. The van der Waals surface area contributed by atoms with Crippen LogP contribution in [-0.2, 0) is 6.42 Å². The van der Waals surface area contributed by atoms with E-state index in [0.717, 1.165) is 39.1 Å². The van der Waals surface area contributed by atoms with Gasteiger partial charge in [-0.05, 0) is 37.6 Å². The molecule has 0 aliphatic carbocycles. The molecule has 0 amide bonds. The molecule has 134 valence electrons. The van der Waals surface area contributed by atoms with Gasteiger partial charge in [-0.3, -0.25) is 4.79 Å². The summed E-state index contributed by atoms with van der Waals surface area (Å²) in [5.41, 5.74) is 0.890. The van der Waals surface area contributed by atoms with Gasteiger partial charge in [0.2, 0.25) is 0 Å². The number of hydrogen-bond acceptors (Lipinski definition) is 5. The number of aryl methyl sites for hydroxylation is 1. The van der Waals surface area contributed by atoms with Crippen molar-refractivity contribution < 1.29 is 9.13 Å². The van der Waals surface area contributed by atoms with Crippen LogP contribution >= 0.6 is 0 Å². The normalized spacial score (nSPS) is 15.3. The molecule has 0 bridgehead atoms. The van der Waals surface area contributed by atoms with Crippen LogP contribution in [0.4, 0.5) is 4.39 Å². The predicted octanol–water partition coefficient (Wildman–Crippen LogP) is 1.22. The van der Waals surface area contributed by atoms with E-state index >= 15 is 0 Å². The molecule has 1 N–H and O–H groups in total. The van der Waals surface area contributed by atoms with Crippen LogP contribution in [-0.4, -0.2) is 54.5 Å². The van der Waals surface area contributed by atoms with Crippen molar-refractivity contribution in [2.75, 3.05) is 39.8 Å². The standard InChI is InChI=1S/C18H23FN4O2/c1-25-17-5-4-15(13-16(17)19)23-18(24)14(6-7-21-23)3-2-10-22-11-8-20-9-12-22/h4-7,13,20H,2-3,8-12H2,1H3. The summed E-state index contributed by atoms with van der Waals surface area (Å²) < 4.78 is 20.0. The Morgan fingerprint density at radius 2 is 2.08 bits per heavy atom. The fourth-order valence-corrected chi connectivity index (χ4v) is 3.04. The average Bonchev–Trinajstić information content (AvgIpc) is 2.64. The molecule has 25 heavy (non-hydrogen) atoms. The van der Waals surface area contributed by atoms with Gasteiger partial charge >= 0.3 is 0 Å². The predicted molar refractivity (Wildman–Crippen MR) is 94.0 cm³/mol. The molecule has 1 aromatic carbocycles. The third kappa shape index (κ3) is 4.24. The van der Waals surface area contributed by atoms with Gasteiger partial charge in [-0.25, -0.2) is 4.39 Å². The quantitative estimate of drug-likeness (QED) is 0.852. The van der Waals surface area contributed by atoms with Crippen LogP contribution in [0.1, 0.15) is 12.0 Å². The van der Waals surface area contributed by atoms with Gasteiger partial charge in [0, 0.05) is 44.0 Å². The SMILES string of the molecule is COc1ccc(-n2nccc(CCCN3CCNCC3)c2=O)cc1F. The Morgan fingerprint density at radius 1 is 1.28 bits per heavy atom. The largest absolute Gasteiger partial charge is 0.494 e. The highest BCUT2D eigenvalue weighted by atomic mass is 19.1. The van der Waals surface area contributed by atoms with Crippen molar-refractivity contribution in [3.05, 3.63) is 52.2 Å². The lowest BCUT2D eigenvalue weighted by atomic mass is 10.1. The minimum Gasteiger partial charge on any atom is -0.494 e. The minimum absolute atomic E-state index is 0.143. The number of benzene rings is 1. The molecule has 0 radical (unpaired) electrons. The number of piperazine rings is 1. The summed E-state index contributed by atoms with van der Waals surface area (Å²) in [7, 11) is 1.40. The van der Waals surface area contributed by atoms with Crippen molar-refractivity contribution >= 4 is 0 Å². The highest BCUT2D eigenvalue weighted by Gasteiger charge is 2.12. The molecule has 0 unspecified atom stereocenters. The van der Waals surface area contributed by atoms with E-state index in [1.807, 2.05) is 0 Å². The first-order valence-corrected chi connectivity index (χ1v) is 8.53. The third-order valence-corrected chi connectivity index (χ3v) is 4.43. The van der Waals surface area contributed by atoms with Gasteiger partial charge in [0.05, 0.1) is 12.8 Å². The number of nitrogens with one attached hydrogen (secondary N) is 1. The lowest BCUT2D eigenvalue weighted by molar-refractivity contribution is 0.238. The van der Waals surface area contributed by atoms with Gasteiger partial charge in [-0.2, -0.15) is 9.78 Å². The summed E-state index contributed by atoms with van der Waals surface area (Å²) in [5.74, 6) is -0.373. The Balaban J connectivity index is 1.71. The Bertz CT molecular complexity index is 772. The molecule has 3 rings (SSSR count). The molecule has 7 heteroatoms. The zero-order valence-corrected chi connectivity index (χ0v) is 14.4. The minimum atomic E-state index is -0.516. The third-order valence-electron chi connectivity index (χ3n) is 4.43. The molecule has 0 atom stereocenters. The maximum atomic E-state index is 13.9. The van der Waals surface area contributed by atoms with E-state index in [1.165, 1.54) is 23.9 Å². The van der Waals surface area contributed by atoms with Gasteiger partial charge in [-0.1, -0.05) is 0 Å². The van der Waals surface area contributed by atoms with E-state index < -0.39 is 5.82 Å². The molecule has 0 spiro atoms. The van der Waals surface area contributed by atoms with Gasteiger partial charge in [0.25, 0.3) is 5.56 Å². The van der Waals surface area contributed by atoms with E-state index in [9.17, 15) is 9.18 Å². The van der Waals surface area contributed by atoms with E-state index in [4.69, 9.17) is 4.74 Å². The lowest BCUT2D eigenvalue weighted by Gasteiger charge is -2.26. The number of rotatable bonds is 6. The fourth-order valence-electron chi connectivity index (χ4n) is 3.04. The Hall–Kier alpha value is -2.25. The second kappa shape index (κ2) is 8.22. The number of ether oxygens (including phenoxy) is 1. The number of nitrogens with zero attached hydrogens (tertiary/aromatic N) is 3. The van der Waals surface area contributed by atoms with E-state index in [-0.39, 0.29) is 11.3 Å². The average molecular weight is 346 g/mol. The van der Waals surface area contributed by atoms with Crippen molar-refractivity contribution in [1.29, 1.82) is 0 Å². The first kappa shape index (κ1) is 17.6. The summed E-state index contributed by atoms with van der Waals surface area (Å²) in [4.78, 5) is 15.0. The Labute approximate surface area is 146 Å². The highest BCUT2D eigenvalue weighted by Crippen LogP contribution is 2.18. The first-order valence-electron chi connectivity index (χ1n) is 8.53. The number of hydrogen-bond donors (Lipinski definition) is 1. The maximum Gasteiger partial charge on any atom is 0.274 e. The Kier molecular flexibility index (Phi) is 5.78. The lowest BCUT2D eigenvalue weighted by Crippen LogP contribution is -2.43. The van der Waals surface area contributed by atoms with Crippen LogP contribution in [0.2, 0.25) is 0 Å². The fraction of sp³-hybridized carbons (Fsp3) is 0.444. The van der Waals surface area contributed by atoms with Gasteiger partial charge in [0.1, 0.15) is 0 Å². The van der Waals surface area contributed by atoms with Gasteiger partial charge in [0.15, 0.2) is 11.6 Å². The zero-order valence-electron chi connectivity index (χ0n) is 14.4. The topological polar surface area (TPSA) is 59.4 Å². The number of halogens is 1. The molecule has 1 aliphatic rings. The van der Waals surface area contributed by atoms with Gasteiger partial charge < -0.3 is 15.0 Å². The van der Waals surface area contributed by atoms with Crippen molar-refractivity contribution in [3.63, 3.8) is 0 Å². The summed E-state index contributed by atoms with van der Waals surface area (Å²) >= 11 is 0. The van der Waals surface area contributed by atoms with Crippen LogP contribution in [0.3, 0.4) is 0 Å². The molecular weight excluding hydrogens is 323 g/mol. The summed E-state index contributed by atoms with van der Waals surface area (Å²) in [6, 6.07) is 6.13. The van der Waals surface area contributed by atoms with Crippen molar-refractivity contribution in [1.82, 2.24) is 20.0 Å². The molecule has 2 aromatic rings. The number of aromatic nitrogens is 2. The summed E-state index contributed by atoms with van der Waals surface area (Å²) in [6.07, 6.45) is 3.18. The molecule has 1 aliphatic heterocycles. The molecular formula is C18H23FN4O2. The van der Waals surface area contributed by atoms with Crippen LogP contribution in [0.15, 0.2) is 35.3 Å². The van der Waals surface area contributed by atoms with Crippen molar-refractivity contribution in [2.45, 2.75) is 12.8 Å². The van der Waals surface area contributed by atoms with Crippen LogP contribution in [0, 0.1) is 5.82 Å². The van der Waals surface area contributed by atoms with Crippen molar-refractivity contribution in [2.24, 2.45) is 0 Å². The molecule has 2 heterocycles. The second-order valence-electron chi connectivity index (χ2n) is 6.09. The molecule has 0 saturated carbocycles. The number of methoxy groups -OCH3 is 1. The first-order chi connectivity index (χ1) is 12.2. The van der Waals surface area contributed by atoms with Crippen LogP contribution in [0.25, 0.3) is 5.69 Å². The zero-order chi connectivity index (χ0) is 17.6. The van der Waals surface area contributed by atoms with Crippen LogP contribution in [0.5, 0.6) is 5.75 Å².